The summed E-state index contributed by atoms with van der Waals surface area (Å²) in [5.74, 6) is 0.965. The van der Waals surface area contributed by atoms with E-state index in [0.29, 0.717) is 23.0 Å². The van der Waals surface area contributed by atoms with Crippen molar-refractivity contribution in [2.24, 2.45) is 0 Å². The monoisotopic (exact) mass is 375 g/mol. The number of hydrogen-bond acceptors (Lipinski definition) is 5. The molecule has 0 fully saturated rings. The summed E-state index contributed by atoms with van der Waals surface area (Å²) in [5, 5.41) is 0. The summed E-state index contributed by atoms with van der Waals surface area (Å²) in [6.45, 7) is 4.00. The Hall–Kier alpha value is -1.61. The van der Waals surface area contributed by atoms with Gasteiger partial charge in [0.2, 0.25) is 6.41 Å². The lowest BCUT2D eigenvalue weighted by atomic mass is 10.2. The molecule has 0 bridgehead atoms. The molecule has 0 N–H and O–H groups in total. The van der Waals surface area contributed by atoms with E-state index in [-0.39, 0.29) is 5.69 Å². The van der Waals surface area contributed by atoms with Gasteiger partial charge in [-0.2, -0.15) is 13.2 Å². The van der Waals surface area contributed by atoms with Crippen LogP contribution < -0.4 is 0 Å². The van der Waals surface area contributed by atoms with Crippen LogP contribution in [0, 0.1) is 13.8 Å². The lowest BCUT2D eigenvalue weighted by Crippen LogP contribution is -2.18. The highest BCUT2D eigenvalue weighted by molar-refractivity contribution is 7.99. The number of amides is 1. The van der Waals surface area contributed by atoms with Gasteiger partial charge in [-0.25, -0.2) is 9.97 Å². The van der Waals surface area contributed by atoms with Crippen LogP contribution in [0.1, 0.15) is 16.3 Å². The molecule has 0 aromatic carbocycles. The van der Waals surface area contributed by atoms with Crippen LogP contribution in [-0.2, 0) is 11.0 Å². The SMILES string of the molecule is Cc1ncc(C(F)(F)F)c(-c2cc(SCCN(C)C=O)c(C)s2)n1. The number of carbonyl (C=O) groups excluding carboxylic acids is 1. The molecule has 2 aromatic heterocycles. The van der Waals surface area contributed by atoms with Crippen LogP contribution in [0.3, 0.4) is 0 Å². The first kappa shape index (κ1) is 18.7. The van der Waals surface area contributed by atoms with Crippen LogP contribution in [0.5, 0.6) is 0 Å². The molecule has 0 spiro atoms. The molecule has 24 heavy (non-hydrogen) atoms. The number of hydrogen-bond donors (Lipinski definition) is 0. The van der Waals surface area contributed by atoms with Crippen LogP contribution in [0.2, 0.25) is 0 Å². The van der Waals surface area contributed by atoms with E-state index in [0.717, 1.165) is 22.4 Å². The van der Waals surface area contributed by atoms with Crippen molar-refractivity contribution < 1.29 is 18.0 Å². The third-order valence-corrected chi connectivity index (χ3v) is 5.51. The average Bonchev–Trinajstić information content (AvgIpc) is 2.87. The fourth-order valence-electron chi connectivity index (χ4n) is 1.94. The highest BCUT2D eigenvalue weighted by Gasteiger charge is 2.35. The van der Waals surface area contributed by atoms with Gasteiger partial charge in [0.15, 0.2) is 0 Å². The Balaban J connectivity index is 2.29. The molecular formula is C15H16F3N3OS2. The summed E-state index contributed by atoms with van der Waals surface area (Å²) in [4.78, 5) is 22.0. The lowest BCUT2D eigenvalue weighted by Gasteiger charge is -2.10. The summed E-state index contributed by atoms with van der Waals surface area (Å²) in [6.07, 6.45) is -2.93. The minimum absolute atomic E-state index is 0.0834. The molecule has 4 nitrogen and oxygen atoms in total. The van der Waals surface area contributed by atoms with E-state index in [4.69, 9.17) is 0 Å². The third-order valence-electron chi connectivity index (χ3n) is 3.20. The van der Waals surface area contributed by atoms with E-state index >= 15 is 0 Å². The number of halogens is 3. The molecule has 2 aromatic rings. The van der Waals surface area contributed by atoms with Crippen molar-refractivity contribution in [2.75, 3.05) is 19.3 Å². The highest BCUT2D eigenvalue weighted by atomic mass is 32.2. The zero-order valence-corrected chi connectivity index (χ0v) is 15.0. The van der Waals surface area contributed by atoms with Gasteiger partial charge in [-0.3, -0.25) is 4.79 Å². The van der Waals surface area contributed by atoms with Gasteiger partial charge in [0.1, 0.15) is 11.4 Å². The van der Waals surface area contributed by atoms with Crippen LogP contribution in [-0.4, -0.2) is 40.6 Å². The van der Waals surface area contributed by atoms with Gasteiger partial charge in [-0.05, 0) is 19.9 Å². The maximum atomic E-state index is 13.2. The molecule has 0 aliphatic rings. The molecule has 0 aliphatic heterocycles. The van der Waals surface area contributed by atoms with Crippen molar-refractivity contribution >= 4 is 29.5 Å². The van der Waals surface area contributed by atoms with E-state index in [1.54, 1.807) is 20.0 Å². The molecule has 1 amide bonds. The van der Waals surface area contributed by atoms with Gasteiger partial charge in [-0.15, -0.1) is 23.1 Å². The van der Waals surface area contributed by atoms with Crippen molar-refractivity contribution in [1.29, 1.82) is 0 Å². The Morgan fingerprint density at radius 2 is 2.08 bits per heavy atom. The summed E-state index contributed by atoms with van der Waals surface area (Å²) in [7, 11) is 1.68. The van der Waals surface area contributed by atoms with E-state index in [9.17, 15) is 18.0 Å². The van der Waals surface area contributed by atoms with Gasteiger partial charge >= 0.3 is 6.18 Å². The molecule has 0 atom stereocenters. The van der Waals surface area contributed by atoms with Crippen molar-refractivity contribution in [2.45, 2.75) is 24.9 Å². The van der Waals surface area contributed by atoms with Crippen LogP contribution in [0.25, 0.3) is 10.6 Å². The first-order valence-corrected chi connectivity index (χ1v) is 8.82. The molecule has 130 valence electrons. The molecule has 0 saturated carbocycles. The van der Waals surface area contributed by atoms with Gasteiger partial charge in [0.05, 0.1) is 10.6 Å². The maximum absolute atomic E-state index is 13.2. The predicted octanol–water partition coefficient (Wildman–Crippen LogP) is 4.02. The molecule has 0 saturated heterocycles. The summed E-state index contributed by atoms with van der Waals surface area (Å²) < 4.78 is 39.6. The van der Waals surface area contributed by atoms with E-state index in [1.807, 2.05) is 6.92 Å². The second-order valence-corrected chi connectivity index (χ2v) is 7.54. The second kappa shape index (κ2) is 7.52. The van der Waals surface area contributed by atoms with Crippen LogP contribution >= 0.6 is 23.1 Å². The second-order valence-electron chi connectivity index (χ2n) is 5.14. The molecule has 0 aliphatic carbocycles. The first-order chi connectivity index (χ1) is 11.2. The Kier molecular flexibility index (Phi) is 5.87. The lowest BCUT2D eigenvalue weighted by molar-refractivity contribution is -0.137. The maximum Gasteiger partial charge on any atom is 0.420 e. The van der Waals surface area contributed by atoms with Crippen LogP contribution in [0.15, 0.2) is 17.2 Å². The van der Waals surface area contributed by atoms with Crippen LogP contribution in [0.4, 0.5) is 13.2 Å². The molecular weight excluding hydrogens is 359 g/mol. The van der Waals surface area contributed by atoms with Gasteiger partial charge < -0.3 is 4.90 Å². The third kappa shape index (κ3) is 4.47. The number of thiophene rings is 1. The number of carbonyl (C=O) groups is 1. The summed E-state index contributed by atoms with van der Waals surface area (Å²) in [6, 6.07) is 1.72. The highest BCUT2D eigenvalue weighted by Crippen LogP contribution is 2.41. The number of aromatic nitrogens is 2. The predicted molar refractivity (Wildman–Crippen MR) is 89.2 cm³/mol. The van der Waals surface area contributed by atoms with Gasteiger partial charge in [0, 0.05) is 35.3 Å². The number of aryl methyl sites for hydroxylation is 2. The van der Waals surface area contributed by atoms with E-state index in [2.05, 4.69) is 9.97 Å². The number of rotatable bonds is 6. The normalized spacial score (nSPS) is 11.6. The first-order valence-electron chi connectivity index (χ1n) is 7.02. The van der Waals surface area contributed by atoms with Gasteiger partial charge in [0.25, 0.3) is 0 Å². The van der Waals surface area contributed by atoms with Gasteiger partial charge in [-0.1, -0.05) is 0 Å². The minimum atomic E-state index is -4.50. The number of alkyl halides is 3. The average molecular weight is 375 g/mol. The van der Waals surface area contributed by atoms with E-state index in [1.165, 1.54) is 28.0 Å². The Morgan fingerprint density at radius 1 is 1.38 bits per heavy atom. The molecule has 2 rings (SSSR count). The van der Waals surface area contributed by atoms with Crippen molar-refractivity contribution in [3.63, 3.8) is 0 Å². The van der Waals surface area contributed by atoms with Crippen molar-refractivity contribution in [1.82, 2.24) is 14.9 Å². The van der Waals surface area contributed by atoms with Crippen molar-refractivity contribution in [3.8, 4) is 10.6 Å². The molecule has 9 heteroatoms. The fourth-order valence-corrected chi connectivity index (χ4v) is 4.24. The summed E-state index contributed by atoms with van der Waals surface area (Å²) >= 11 is 2.79. The van der Waals surface area contributed by atoms with E-state index < -0.39 is 11.7 Å². The topological polar surface area (TPSA) is 46.1 Å². The molecule has 0 unspecified atom stereocenters. The Labute approximate surface area is 146 Å². The zero-order valence-electron chi connectivity index (χ0n) is 13.3. The number of nitrogens with zero attached hydrogens (tertiary/aromatic N) is 3. The zero-order chi connectivity index (χ0) is 17.9. The largest absolute Gasteiger partial charge is 0.420 e. The Morgan fingerprint density at radius 3 is 2.71 bits per heavy atom. The fraction of sp³-hybridized carbons (Fsp3) is 0.400. The van der Waals surface area contributed by atoms with Crippen molar-refractivity contribution in [3.05, 3.63) is 28.5 Å². The standard InChI is InChI=1S/C15H16F3N3OS2/c1-9-12(23-5-4-21(3)8-22)6-13(24-9)14-11(15(16,17)18)7-19-10(2)20-14/h6-8H,4-5H2,1-3H3. The smallest absolute Gasteiger partial charge is 0.347 e. The summed E-state index contributed by atoms with van der Waals surface area (Å²) in [5.41, 5.74) is -0.911. The molecule has 2 heterocycles. The molecule has 0 radical (unpaired) electrons. The quantitative estimate of drug-likeness (QED) is 0.565. The minimum Gasteiger partial charge on any atom is -0.347 e. The Bertz CT molecular complexity index is 731. The number of thioether (sulfide) groups is 1.